The van der Waals surface area contributed by atoms with Crippen LogP contribution in [0.5, 0.6) is 0 Å². The number of aliphatic hydroxyl groups excluding tert-OH is 1. The van der Waals surface area contributed by atoms with Crippen molar-refractivity contribution in [2.75, 3.05) is 19.8 Å². The molecule has 1 saturated heterocycles. The maximum Gasteiger partial charge on any atom is 0.192 e. The Kier molecular flexibility index (Phi) is 6.41. The summed E-state index contributed by atoms with van der Waals surface area (Å²) < 4.78 is 18.7. The fraction of sp³-hybridized carbons (Fsp3) is 0.818. The summed E-state index contributed by atoms with van der Waals surface area (Å²) in [4.78, 5) is 0. The molecule has 4 nitrogen and oxygen atoms in total. The highest BCUT2D eigenvalue weighted by Crippen LogP contribution is 2.55. The number of hydrogen-bond donors (Lipinski definition) is 1. The van der Waals surface area contributed by atoms with E-state index in [1.807, 2.05) is 0 Å². The summed E-state index contributed by atoms with van der Waals surface area (Å²) in [5, 5.41) is 11.0. The van der Waals surface area contributed by atoms with E-state index >= 15 is 0 Å². The summed E-state index contributed by atoms with van der Waals surface area (Å²) in [5.74, 6) is 4.78. The van der Waals surface area contributed by atoms with Crippen molar-refractivity contribution in [3.05, 3.63) is 12.2 Å². The van der Waals surface area contributed by atoms with Crippen LogP contribution in [0.2, 0.25) is 18.1 Å². The van der Waals surface area contributed by atoms with E-state index in [0.717, 1.165) is 5.57 Å². The quantitative estimate of drug-likeness (QED) is 0.437. The maximum absolute atomic E-state index is 10.8. The Bertz CT molecular complexity index is 618. The van der Waals surface area contributed by atoms with Crippen LogP contribution in [0, 0.1) is 29.1 Å². The predicted octanol–water partition coefficient (Wildman–Crippen LogP) is 4.35. The van der Waals surface area contributed by atoms with Crippen LogP contribution in [0.1, 0.15) is 48.0 Å². The van der Waals surface area contributed by atoms with Crippen LogP contribution in [0.3, 0.4) is 0 Å². The SMILES string of the molecule is C=C1C(C(O)C#CC)C2(C[C@@H](C)[C@]1(C)CO[Si](C)(C)C(C)(C)C)OCCO2. The van der Waals surface area contributed by atoms with E-state index in [2.05, 4.69) is 66.1 Å². The fourth-order valence-electron chi connectivity index (χ4n) is 3.93. The molecule has 1 saturated carbocycles. The van der Waals surface area contributed by atoms with Gasteiger partial charge in [0.2, 0.25) is 0 Å². The first kappa shape index (κ1) is 22.6. The van der Waals surface area contributed by atoms with Gasteiger partial charge in [0.25, 0.3) is 0 Å². The molecule has 1 aliphatic carbocycles. The van der Waals surface area contributed by atoms with Crippen molar-refractivity contribution in [3.8, 4) is 11.8 Å². The third-order valence-corrected chi connectivity index (χ3v) is 11.7. The van der Waals surface area contributed by atoms with Crippen molar-refractivity contribution in [2.24, 2.45) is 17.3 Å². The highest BCUT2D eigenvalue weighted by molar-refractivity contribution is 6.74. The lowest BCUT2D eigenvalue weighted by atomic mass is 9.58. The van der Waals surface area contributed by atoms with Gasteiger partial charge in [-0.2, -0.15) is 0 Å². The Morgan fingerprint density at radius 2 is 1.89 bits per heavy atom. The average Bonchev–Trinajstić information content (AvgIpc) is 2.99. The van der Waals surface area contributed by atoms with Crippen LogP contribution in [-0.2, 0) is 13.9 Å². The molecule has 0 bridgehead atoms. The van der Waals surface area contributed by atoms with E-state index in [0.29, 0.717) is 26.2 Å². The Morgan fingerprint density at radius 1 is 1.33 bits per heavy atom. The van der Waals surface area contributed by atoms with Crippen molar-refractivity contribution in [1.82, 2.24) is 0 Å². The Hall–Kier alpha value is -0.643. The van der Waals surface area contributed by atoms with Crippen LogP contribution in [0.25, 0.3) is 0 Å². The van der Waals surface area contributed by atoms with Gasteiger partial charge in [0, 0.05) is 18.4 Å². The fourth-order valence-corrected chi connectivity index (χ4v) is 5.02. The molecule has 0 aromatic rings. The summed E-state index contributed by atoms with van der Waals surface area (Å²) >= 11 is 0. The van der Waals surface area contributed by atoms with Gasteiger partial charge in [0.1, 0.15) is 6.10 Å². The summed E-state index contributed by atoms with van der Waals surface area (Å²) in [7, 11) is -1.89. The molecule has 2 aliphatic rings. The minimum atomic E-state index is -1.89. The van der Waals surface area contributed by atoms with Gasteiger partial charge in [-0.15, -0.1) is 5.92 Å². The first-order valence-corrected chi connectivity index (χ1v) is 12.9. The average molecular weight is 395 g/mol. The summed E-state index contributed by atoms with van der Waals surface area (Å²) in [5.41, 5.74) is 0.661. The first-order chi connectivity index (χ1) is 12.3. The van der Waals surface area contributed by atoms with E-state index in [1.54, 1.807) is 6.92 Å². The zero-order valence-corrected chi connectivity index (χ0v) is 19.4. The Labute approximate surface area is 166 Å². The summed E-state index contributed by atoms with van der Waals surface area (Å²) in [6.07, 6.45) is -0.156. The van der Waals surface area contributed by atoms with E-state index in [4.69, 9.17) is 13.9 Å². The highest BCUT2D eigenvalue weighted by atomic mass is 28.4. The van der Waals surface area contributed by atoms with Crippen molar-refractivity contribution in [1.29, 1.82) is 0 Å². The molecule has 1 heterocycles. The third-order valence-electron chi connectivity index (χ3n) is 7.18. The Morgan fingerprint density at radius 3 is 2.37 bits per heavy atom. The number of ether oxygens (including phenoxy) is 2. The molecule has 2 fully saturated rings. The Balaban J connectivity index is 2.34. The zero-order chi connectivity index (χ0) is 20.7. The van der Waals surface area contributed by atoms with Crippen LogP contribution in [0.15, 0.2) is 12.2 Å². The molecule has 154 valence electrons. The molecular weight excluding hydrogens is 356 g/mol. The molecule has 1 N–H and O–H groups in total. The highest BCUT2D eigenvalue weighted by Gasteiger charge is 2.59. The van der Waals surface area contributed by atoms with E-state index in [9.17, 15) is 5.11 Å². The van der Waals surface area contributed by atoms with Gasteiger partial charge >= 0.3 is 0 Å². The van der Waals surface area contributed by atoms with Crippen LogP contribution in [-0.4, -0.2) is 45.1 Å². The van der Waals surface area contributed by atoms with Gasteiger partial charge in [-0.25, -0.2) is 0 Å². The van der Waals surface area contributed by atoms with Gasteiger partial charge in [-0.05, 0) is 31.0 Å². The largest absolute Gasteiger partial charge is 0.416 e. The van der Waals surface area contributed by atoms with E-state index in [1.165, 1.54) is 0 Å². The molecule has 4 atom stereocenters. The molecule has 0 radical (unpaired) electrons. The van der Waals surface area contributed by atoms with Crippen LogP contribution < -0.4 is 0 Å². The summed E-state index contributed by atoms with van der Waals surface area (Å²) in [6, 6.07) is 0. The monoisotopic (exact) mass is 394 g/mol. The first-order valence-electron chi connectivity index (χ1n) is 10.0. The predicted molar refractivity (Wildman–Crippen MR) is 112 cm³/mol. The second kappa shape index (κ2) is 7.65. The van der Waals surface area contributed by atoms with Crippen molar-refractivity contribution in [2.45, 2.75) is 78.0 Å². The molecular formula is C22H38O4Si. The van der Waals surface area contributed by atoms with Gasteiger partial charge in [-0.1, -0.05) is 52.7 Å². The third kappa shape index (κ3) is 4.06. The smallest absolute Gasteiger partial charge is 0.192 e. The standard InChI is InChI=1S/C22H38O4Si/c1-10-11-18(23)19-17(3)21(7,15-26-27(8,9)20(4,5)6)16(2)14-22(19)24-12-13-25-22/h16,18-19,23H,3,12-15H2,1-2,4-9H3/t16-,18?,19?,21+/m1/s1. The summed E-state index contributed by atoms with van der Waals surface area (Å²) in [6.45, 7) is 23.6. The lowest BCUT2D eigenvalue weighted by molar-refractivity contribution is -0.234. The molecule has 1 spiro atoms. The maximum atomic E-state index is 10.8. The molecule has 27 heavy (non-hydrogen) atoms. The lowest BCUT2D eigenvalue weighted by Crippen LogP contribution is -2.57. The van der Waals surface area contributed by atoms with E-state index in [-0.39, 0.29) is 22.3 Å². The van der Waals surface area contributed by atoms with Gasteiger partial charge in [-0.3, -0.25) is 0 Å². The molecule has 5 heteroatoms. The topological polar surface area (TPSA) is 47.9 Å². The van der Waals surface area contributed by atoms with Crippen LogP contribution in [0.4, 0.5) is 0 Å². The molecule has 0 amide bonds. The van der Waals surface area contributed by atoms with Gasteiger partial charge in [0.15, 0.2) is 14.1 Å². The molecule has 0 aromatic heterocycles. The number of rotatable bonds is 4. The minimum Gasteiger partial charge on any atom is -0.416 e. The van der Waals surface area contributed by atoms with Gasteiger partial charge in [0.05, 0.1) is 19.1 Å². The lowest BCUT2D eigenvalue weighted by Gasteiger charge is -2.54. The van der Waals surface area contributed by atoms with E-state index < -0.39 is 20.2 Å². The van der Waals surface area contributed by atoms with Crippen molar-refractivity contribution in [3.63, 3.8) is 0 Å². The van der Waals surface area contributed by atoms with Crippen molar-refractivity contribution < 1.29 is 19.0 Å². The normalized spacial score (nSPS) is 32.3. The molecule has 2 unspecified atom stereocenters. The molecule has 0 aromatic carbocycles. The molecule has 2 rings (SSSR count). The number of aliphatic hydroxyl groups is 1. The second-order valence-electron chi connectivity index (χ2n) is 9.92. The van der Waals surface area contributed by atoms with Crippen LogP contribution >= 0.6 is 0 Å². The van der Waals surface area contributed by atoms with Gasteiger partial charge < -0.3 is 19.0 Å². The zero-order valence-electron chi connectivity index (χ0n) is 18.4. The molecule has 1 aliphatic heterocycles. The minimum absolute atomic E-state index is 0.147. The second-order valence-corrected chi connectivity index (χ2v) is 14.7. The number of hydrogen-bond acceptors (Lipinski definition) is 4. The van der Waals surface area contributed by atoms with Crippen molar-refractivity contribution >= 4 is 8.32 Å².